The predicted octanol–water partition coefficient (Wildman–Crippen LogP) is 3.22. The maximum atomic E-state index is 13.8. The number of hydrogen-bond acceptors (Lipinski definition) is 4. The van der Waals surface area contributed by atoms with Crippen molar-refractivity contribution in [3.8, 4) is 0 Å². The van der Waals surface area contributed by atoms with Gasteiger partial charge in [0, 0.05) is 12.6 Å². The van der Waals surface area contributed by atoms with E-state index in [2.05, 4.69) is 10.2 Å². The van der Waals surface area contributed by atoms with Crippen molar-refractivity contribution < 1.29 is 22.4 Å². The number of carbonyl (C=O) groups is 1. The zero-order chi connectivity index (χ0) is 18.8. The molecule has 134 valence electrons. The number of rotatable bonds is 5. The molecule has 0 bridgehead atoms. The lowest BCUT2D eigenvalue weighted by Crippen LogP contribution is -2.26. The SMILES string of the molecule is CON(C)S(=O)(=O)c1cc(C(=O)Nc2cc(C)ccc2F)ccc1Cl. The number of aryl methyl sites for hydroxylation is 1. The van der Waals surface area contributed by atoms with Crippen molar-refractivity contribution in [2.75, 3.05) is 19.5 Å². The van der Waals surface area contributed by atoms with E-state index in [0.717, 1.165) is 11.6 Å². The number of amides is 1. The van der Waals surface area contributed by atoms with Crippen LogP contribution in [0, 0.1) is 12.7 Å². The monoisotopic (exact) mass is 386 g/mol. The Balaban J connectivity index is 2.39. The maximum Gasteiger partial charge on any atom is 0.266 e. The Kier molecular flexibility index (Phi) is 5.79. The minimum atomic E-state index is -4.04. The molecular weight excluding hydrogens is 371 g/mol. The van der Waals surface area contributed by atoms with Crippen LogP contribution in [0.15, 0.2) is 41.3 Å². The van der Waals surface area contributed by atoms with Gasteiger partial charge in [-0.15, -0.1) is 0 Å². The lowest BCUT2D eigenvalue weighted by Gasteiger charge is -2.16. The van der Waals surface area contributed by atoms with E-state index in [4.69, 9.17) is 11.6 Å². The Bertz CT molecular complexity index is 918. The highest BCUT2D eigenvalue weighted by Crippen LogP contribution is 2.26. The number of carbonyl (C=O) groups excluding carboxylic acids is 1. The van der Waals surface area contributed by atoms with Crippen LogP contribution in [0.1, 0.15) is 15.9 Å². The summed E-state index contributed by atoms with van der Waals surface area (Å²) in [7, 11) is -1.66. The number of nitrogens with one attached hydrogen (secondary N) is 1. The van der Waals surface area contributed by atoms with Crippen molar-refractivity contribution in [2.24, 2.45) is 0 Å². The van der Waals surface area contributed by atoms with Gasteiger partial charge in [-0.2, -0.15) is 0 Å². The van der Waals surface area contributed by atoms with Gasteiger partial charge in [0.1, 0.15) is 10.7 Å². The largest absolute Gasteiger partial charge is 0.319 e. The summed E-state index contributed by atoms with van der Waals surface area (Å²) in [5.74, 6) is -1.27. The zero-order valence-corrected chi connectivity index (χ0v) is 15.3. The topological polar surface area (TPSA) is 75.7 Å². The third-order valence-corrected chi connectivity index (χ3v) is 5.60. The molecule has 0 atom stereocenters. The molecule has 9 heteroatoms. The third-order valence-electron chi connectivity index (χ3n) is 3.44. The normalized spacial score (nSPS) is 11.6. The maximum absolute atomic E-state index is 13.8. The summed E-state index contributed by atoms with van der Waals surface area (Å²) in [6.45, 7) is 1.75. The molecule has 2 rings (SSSR count). The molecule has 1 N–H and O–H groups in total. The molecule has 0 heterocycles. The quantitative estimate of drug-likeness (QED) is 0.800. The standard InChI is InChI=1S/C16H16ClFN2O4S/c1-10-4-7-13(18)14(8-10)19-16(21)11-5-6-12(17)15(9-11)25(22,23)20(2)24-3/h4-9H,1-3H3,(H,19,21). The average Bonchev–Trinajstić information content (AvgIpc) is 2.57. The van der Waals surface area contributed by atoms with Crippen LogP contribution >= 0.6 is 11.6 Å². The molecule has 2 aromatic carbocycles. The molecule has 0 aliphatic heterocycles. The number of hydroxylamine groups is 1. The summed E-state index contributed by atoms with van der Waals surface area (Å²) in [5.41, 5.74) is 0.768. The molecule has 0 radical (unpaired) electrons. The van der Waals surface area contributed by atoms with Crippen LogP contribution in [0.2, 0.25) is 5.02 Å². The van der Waals surface area contributed by atoms with Crippen molar-refractivity contribution in [1.82, 2.24) is 4.47 Å². The second-order valence-corrected chi connectivity index (χ2v) is 7.49. The van der Waals surface area contributed by atoms with Gasteiger partial charge in [0.25, 0.3) is 15.9 Å². The van der Waals surface area contributed by atoms with E-state index in [1.807, 2.05) is 0 Å². The van der Waals surface area contributed by atoms with Crippen molar-refractivity contribution in [3.05, 3.63) is 58.4 Å². The number of hydrogen-bond donors (Lipinski definition) is 1. The summed E-state index contributed by atoms with van der Waals surface area (Å²) in [6.07, 6.45) is 0. The molecule has 0 saturated carbocycles. The first kappa shape index (κ1) is 19.3. The average molecular weight is 387 g/mol. The van der Waals surface area contributed by atoms with E-state index in [1.54, 1.807) is 13.0 Å². The highest BCUT2D eigenvalue weighted by Gasteiger charge is 2.25. The zero-order valence-electron chi connectivity index (χ0n) is 13.7. The van der Waals surface area contributed by atoms with Gasteiger partial charge in [-0.05, 0) is 42.8 Å². The van der Waals surface area contributed by atoms with Crippen LogP contribution in [0.25, 0.3) is 0 Å². The Hall–Kier alpha value is -2.00. The summed E-state index contributed by atoms with van der Waals surface area (Å²) >= 11 is 5.94. The van der Waals surface area contributed by atoms with Crippen molar-refractivity contribution >= 4 is 33.2 Å². The van der Waals surface area contributed by atoms with Crippen molar-refractivity contribution in [1.29, 1.82) is 0 Å². The second-order valence-electron chi connectivity index (χ2n) is 5.18. The molecule has 0 unspecified atom stereocenters. The molecule has 2 aromatic rings. The van der Waals surface area contributed by atoms with E-state index in [-0.39, 0.29) is 21.2 Å². The van der Waals surface area contributed by atoms with Crippen molar-refractivity contribution in [3.63, 3.8) is 0 Å². The number of sulfonamides is 1. The van der Waals surface area contributed by atoms with Crippen LogP contribution in [0.3, 0.4) is 0 Å². The van der Waals surface area contributed by atoms with Crippen molar-refractivity contribution in [2.45, 2.75) is 11.8 Å². The fraction of sp³-hybridized carbons (Fsp3) is 0.188. The van der Waals surface area contributed by atoms with Gasteiger partial charge in [0.15, 0.2) is 0 Å². The Morgan fingerprint density at radius 2 is 1.92 bits per heavy atom. The van der Waals surface area contributed by atoms with Gasteiger partial charge < -0.3 is 5.32 Å². The van der Waals surface area contributed by atoms with Gasteiger partial charge in [0.05, 0.1) is 17.8 Å². The smallest absolute Gasteiger partial charge is 0.266 e. The molecule has 1 amide bonds. The number of anilines is 1. The van der Waals surface area contributed by atoms with E-state index in [9.17, 15) is 17.6 Å². The molecule has 0 aromatic heterocycles. The van der Waals surface area contributed by atoms with E-state index < -0.39 is 21.7 Å². The fourth-order valence-electron chi connectivity index (χ4n) is 2.01. The molecule has 0 fully saturated rings. The first-order valence-electron chi connectivity index (χ1n) is 7.07. The van der Waals surface area contributed by atoms with Gasteiger partial charge in [-0.25, -0.2) is 12.8 Å². The molecule has 0 spiro atoms. The lowest BCUT2D eigenvalue weighted by atomic mass is 10.2. The number of halogens is 2. The summed E-state index contributed by atoms with van der Waals surface area (Å²) in [6, 6.07) is 8.00. The molecule has 0 aliphatic rings. The highest BCUT2D eigenvalue weighted by atomic mass is 35.5. The van der Waals surface area contributed by atoms with Crippen LogP contribution < -0.4 is 5.32 Å². The van der Waals surface area contributed by atoms with Gasteiger partial charge in [0.2, 0.25) is 0 Å². The molecule has 0 saturated heterocycles. The fourth-order valence-corrected chi connectivity index (χ4v) is 3.48. The molecule has 6 nitrogen and oxygen atoms in total. The van der Waals surface area contributed by atoms with Gasteiger partial charge >= 0.3 is 0 Å². The predicted molar refractivity (Wildman–Crippen MR) is 92.5 cm³/mol. The minimum absolute atomic E-state index is 0.00151. The van der Waals surface area contributed by atoms with Gasteiger partial charge in [-0.3, -0.25) is 9.63 Å². The van der Waals surface area contributed by atoms with Crippen LogP contribution in [-0.2, 0) is 14.9 Å². The second kappa shape index (κ2) is 7.49. The minimum Gasteiger partial charge on any atom is -0.319 e. The molecule has 25 heavy (non-hydrogen) atoms. The van der Waals surface area contributed by atoms with E-state index >= 15 is 0 Å². The lowest BCUT2D eigenvalue weighted by molar-refractivity contribution is -0.0258. The molecular formula is C16H16ClFN2O4S. The third kappa shape index (κ3) is 4.16. The Labute approximate surface area is 150 Å². The van der Waals surface area contributed by atoms with E-state index in [0.29, 0.717) is 4.47 Å². The van der Waals surface area contributed by atoms with Crippen LogP contribution in [-0.4, -0.2) is 33.0 Å². The first-order valence-corrected chi connectivity index (χ1v) is 8.88. The number of nitrogens with zero attached hydrogens (tertiary/aromatic N) is 1. The Morgan fingerprint density at radius 3 is 2.56 bits per heavy atom. The van der Waals surface area contributed by atoms with Crippen LogP contribution in [0.5, 0.6) is 0 Å². The Morgan fingerprint density at radius 1 is 1.24 bits per heavy atom. The van der Waals surface area contributed by atoms with E-state index in [1.165, 1.54) is 38.4 Å². The highest BCUT2D eigenvalue weighted by molar-refractivity contribution is 7.89. The van der Waals surface area contributed by atoms with Crippen LogP contribution in [0.4, 0.5) is 10.1 Å². The molecule has 0 aliphatic carbocycles. The number of benzene rings is 2. The van der Waals surface area contributed by atoms with Gasteiger partial charge in [-0.1, -0.05) is 22.1 Å². The summed E-state index contributed by atoms with van der Waals surface area (Å²) < 4.78 is 39.1. The first-order chi connectivity index (χ1) is 11.7. The summed E-state index contributed by atoms with van der Waals surface area (Å²) in [4.78, 5) is 16.7. The summed E-state index contributed by atoms with van der Waals surface area (Å²) in [5, 5.41) is 2.34.